The van der Waals surface area contributed by atoms with Crippen LogP contribution in [0, 0.1) is 36.5 Å². The molecular weight excluding hydrogens is 436 g/mol. The van der Waals surface area contributed by atoms with Crippen molar-refractivity contribution in [2.24, 2.45) is 17.8 Å². The van der Waals surface area contributed by atoms with E-state index in [4.69, 9.17) is 4.74 Å². The van der Waals surface area contributed by atoms with E-state index in [9.17, 15) is 9.90 Å². The molecule has 0 amide bonds. The predicted octanol–water partition coefficient (Wildman–Crippen LogP) is 6.46. The van der Waals surface area contributed by atoms with Gasteiger partial charge in [-0.3, -0.25) is 4.79 Å². The zero-order valence-corrected chi connectivity index (χ0v) is 23.2. The summed E-state index contributed by atoms with van der Waals surface area (Å²) in [7, 11) is 2.00. The molecule has 5 nitrogen and oxygen atoms in total. The van der Waals surface area contributed by atoms with Crippen LogP contribution in [-0.4, -0.2) is 35.8 Å². The summed E-state index contributed by atoms with van der Waals surface area (Å²) in [4.78, 5) is 17.8. The zero-order valence-electron chi connectivity index (χ0n) is 23.2. The van der Waals surface area contributed by atoms with Crippen molar-refractivity contribution >= 4 is 12.3 Å². The third-order valence-corrected chi connectivity index (χ3v) is 7.32. The molecule has 35 heavy (non-hydrogen) atoms. The third kappa shape index (κ3) is 9.49. The number of likely N-dealkylation sites (N-methyl/N-ethyl adjacent to an activating group) is 1. The number of hydrogen-bond donors (Lipinski definition) is 1. The van der Waals surface area contributed by atoms with Crippen LogP contribution in [0.3, 0.4) is 0 Å². The highest BCUT2D eigenvalue weighted by Gasteiger charge is 2.26. The number of pyridine rings is 1. The molecule has 1 N–H and O–H groups in total. The van der Waals surface area contributed by atoms with Gasteiger partial charge in [0, 0.05) is 19.2 Å². The Hall–Kier alpha value is -2.06. The highest BCUT2D eigenvalue weighted by atomic mass is 16.5. The Labute approximate surface area is 214 Å². The van der Waals surface area contributed by atoms with Crippen LogP contribution in [-0.2, 0) is 11.2 Å². The summed E-state index contributed by atoms with van der Waals surface area (Å²) in [5.41, 5.74) is 1.22. The maximum Gasteiger partial charge on any atom is 0.298 e. The first-order valence-corrected chi connectivity index (χ1v) is 13.6. The Kier molecular flexibility index (Phi) is 11.6. The van der Waals surface area contributed by atoms with Crippen LogP contribution in [0.4, 0.5) is 5.82 Å². The van der Waals surface area contributed by atoms with Crippen molar-refractivity contribution in [3.63, 3.8) is 0 Å². The fourth-order valence-electron chi connectivity index (χ4n) is 5.00. The zero-order chi connectivity index (χ0) is 26.0. The average Bonchev–Trinajstić information content (AvgIpc) is 3.13. The Bertz CT molecular complexity index is 882. The van der Waals surface area contributed by atoms with Gasteiger partial charge in [-0.15, -0.1) is 0 Å². The van der Waals surface area contributed by atoms with Gasteiger partial charge in [-0.1, -0.05) is 84.5 Å². The number of carbonyl (C=O) groups excluding carboxylic acids is 1. The molecule has 1 aromatic rings. The first-order chi connectivity index (χ1) is 16.5. The smallest absolute Gasteiger partial charge is 0.298 e. The van der Waals surface area contributed by atoms with Gasteiger partial charge in [-0.2, -0.15) is 0 Å². The second-order valence-electron chi connectivity index (χ2n) is 11.5. The first-order valence-electron chi connectivity index (χ1n) is 13.6. The predicted molar refractivity (Wildman–Crippen MR) is 145 cm³/mol. The lowest BCUT2D eigenvalue weighted by Gasteiger charge is -2.19. The van der Waals surface area contributed by atoms with Gasteiger partial charge in [0.25, 0.3) is 6.47 Å². The third-order valence-electron chi connectivity index (χ3n) is 7.32. The van der Waals surface area contributed by atoms with Gasteiger partial charge in [0.05, 0.1) is 11.3 Å². The van der Waals surface area contributed by atoms with Crippen LogP contribution in [0.15, 0.2) is 0 Å². The van der Waals surface area contributed by atoms with Gasteiger partial charge < -0.3 is 14.7 Å². The van der Waals surface area contributed by atoms with Crippen LogP contribution < -0.4 is 9.64 Å². The number of carbonyl (C=O) groups is 1. The second-order valence-corrected chi connectivity index (χ2v) is 11.5. The molecule has 0 spiro atoms. The van der Waals surface area contributed by atoms with Gasteiger partial charge in [-0.05, 0) is 50.9 Å². The number of anilines is 1. The van der Waals surface area contributed by atoms with Crippen molar-refractivity contribution in [2.75, 3.05) is 18.5 Å². The van der Waals surface area contributed by atoms with E-state index in [2.05, 4.69) is 49.4 Å². The lowest BCUT2D eigenvalue weighted by Crippen LogP contribution is -2.21. The van der Waals surface area contributed by atoms with E-state index in [1.54, 1.807) is 6.92 Å². The van der Waals surface area contributed by atoms with Crippen LogP contribution in [0.5, 0.6) is 5.75 Å². The van der Waals surface area contributed by atoms with E-state index in [0.717, 1.165) is 49.0 Å². The van der Waals surface area contributed by atoms with Gasteiger partial charge in [0.1, 0.15) is 11.4 Å². The lowest BCUT2D eigenvalue weighted by atomic mass is 9.90. The van der Waals surface area contributed by atoms with Crippen molar-refractivity contribution in [1.29, 1.82) is 0 Å². The van der Waals surface area contributed by atoms with Crippen LogP contribution in [0.1, 0.15) is 109 Å². The van der Waals surface area contributed by atoms with Gasteiger partial charge in [-0.25, -0.2) is 4.98 Å². The number of hydrogen-bond acceptors (Lipinski definition) is 5. The molecule has 1 aromatic heterocycles. The molecule has 3 unspecified atom stereocenters. The number of nitrogens with zero attached hydrogens (tertiary/aromatic N) is 2. The van der Waals surface area contributed by atoms with Gasteiger partial charge in [0.15, 0.2) is 5.75 Å². The molecule has 0 saturated carbocycles. The summed E-state index contributed by atoms with van der Waals surface area (Å²) in [5, 5.41) is 10.9. The number of aliphatic hydroxyl groups is 1. The normalized spacial score (nSPS) is 16.3. The number of ether oxygens (including phenoxy) is 1. The van der Waals surface area contributed by atoms with E-state index in [-0.39, 0.29) is 0 Å². The summed E-state index contributed by atoms with van der Waals surface area (Å²) in [6, 6.07) is 0. The van der Waals surface area contributed by atoms with Crippen molar-refractivity contribution in [3.8, 4) is 17.6 Å². The van der Waals surface area contributed by atoms with E-state index in [1.807, 2.05) is 14.0 Å². The Morgan fingerprint density at radius 2 is 1.69 bits per heavy atom. The fourth-order valence-corrected chi connectivity index (χ4v) is 5.00. The number of rotatable bonds is 14. The molecule has 0 radical (unpaired) electrons. The highest BCUT2D eigenvalue weighted by molar-refractivity contribution is 5.67. The molecule has 5 heteroatoms. The molecule has 1 aliphatic heterocycles. The monoisotopic (exact) mass is 484 g/mol. The number of fused-ring (bicyclic) bond motifs is 1. The van der Waals surface area contributed by atoms with E-state index < -0.39 is 5.60 Å². The summed E-state index contributed by atoms with van der Waals surface area (Å²) in [6.07, 6.45) is 11.4. The standard InChI is InChI=1S/C30H48N2O3/c1-22(2)11-8-12-23(3)13-9-14-24(4)15-10-18-30(6,34)19-16-26-27-17-20-32(7)29(27)31-25(5)28(26)35-21-33/h21-24,34H,8-15,17-18,20H2,1-7H3. The van der Waals surface area contributed by atoms with Crippen molar-refractivity contribution in [3.05, 3.63) is 16.8 Å². The molecule has 196 valence electrons. The van der Waals surface area contributed by atoms with E-state index >= 15 is 0 Å². The molecule has 3 atom stereocenters. The van der Waals surface area contributed by atoms with Crippen molar-refractivity contribution in [1.82, 2.24) is 4.98 Å². The minimum Gasteiger partial charge on any atom is -0.425 e. The molecule has 0 bridgehead atoms. The number of aromatic nitrogens is 1. The topological polar surface area (TPSA) is 62.7 Å². The van der Waals surface area contributed by atoms with E-state index in [1.165, 1.54) is 38.5 Å². The number of aryl methyl sites for hydroxylation is 1. The highest BCUT2D eigenvalue weighted by Crippen LogP contribution is 2.35. The Morgan fingerprint density at radius 1 is 1.09 bits per heavy atom. The van der Waals surface area contributed by atoms with Gasteiger partial charge >= 0.3 is 0 Å². The molecule has 0 aliphatic carbocycles. The molecule has 0 saturated heterocycles. The molecule has 0 fully saturated rings. The summed E-state index contributed by atoms with van der Waals surface area (Å²) >= 11 is 0. The Morgan fingerprint density at radius 3 is 2.29 bits per heavy atom. The Balaban J connectivity index is 1.87. The largest absolute Gasteiger partial charge is 0.425 e. The van der Waals surface area contributed by atoms with E-state index in [0.29, 0.717) is 35.8 Å². The molecule has 2 heterocycles. The van der Waals surface area contributed by atoms with Crippen molar-refractivity contribution < 1.29 is 14.6 Å². The lowest BCUT2D eigenvalue weighted by molar-refractivity contribution is -0.120. The van der Waals surface area contributed by atoms with Crippen LogP contribution >= 0.6 is 0 Å². The quantitative estimate of drug-likeness (QED) is 0.242. The SMILES string of the molecule is Cc1nc2c(c(C#CC(C)(O)CCCC(C)CCCC(C)CCCC(C)C)c1OC=O)CCN2C. The molecule has 0 aromatic carbocycles. The summed E-state index contributed by atoms with van der Waals surface area (Å²) < 4.78 is 5.25. The fraction of sp³-hybridized carbons (Fsp3) is 0.733. The van der Waals surface area contributed by atoms with Crippen LogP contribution in [0.25, 0.3) is 0 Å². The summed E-state index contributed by atoms with van der Waals surface area (Å²) in [6.45, 7) is 14.2. The second kappa shape index (κ2) is 13.9. The average molecular weight is 485 g/mol. The molecular formula is C30H48N2O3. The van der Waals surface area contributed by atoms with Gasteiger partial charge in [0.2, 0.25) is 0 Å². The molecule has 1 aliphatic rings. The maximum absolute atomic E-state index is 11.1. The first kappa shape index (κ1) is 29.2. The maximum atomic E-state index is 11.1. The summed E-state index contributed by atoms with van der Waals surface area (Å²) in [5.74, 6) is 9.81. The minimum atomic E-state index is -1.09. The van der Waals surface area contributed by atoms with Crippen molar-refractivity contribution in [2.45, 2.75) is 111 Å². The minimum absolute atomic E-state index is 0.407. The van der Waals surface area contributed by atoms with Crippen LogP contribution in [0.2, 0.25) is 0 Å². The molecule has 2 rings (SSSR count).